The zero-order chi connectivity index (χ0) is 14.8. The van der Waals surface area contributed by atoms with Crippen LogP contribution in [0.1, 0.15) is 32.6 Å². The standard InChI is InChI=1S/C13H29N3O3S/c1-3-14-12-13-6-9-16(10-7-13)20(17,18)15-8-4-5-11-19-2/h13-15H,3-12H2,1-2H3. The molecule has 0 atom stereocenters. The third kappa shape index (κ3) is 6.49. The van der Waals surface area contributed by atoms with Gasteiger partial charge in [0.15, 0.2) is 0 Å². The summed E-state index contributed by atoms with van der Waals surface area (Å²) in [5.74, 6) is 0.600. The Bertz CT molecular complexity index is 341. The third-order valence-electron chi connectivity index (χ3n) is 3.66. The SMILES string of the molecule is CCNCC1CCN(S(=O)(=O)NCCCCOC)CC1. The topological polar surface area (TPSA) is 70.7 Å². The van der Waals surface area contributed by atoms with Crippen LogP contribution in [-0.4, -0.2) is 59.2 Å². The van der Waals surface area contributed by atoms with Crippen LogP contribution in [-0.2, 0) is 14.9 Å². The van der Waals surface area contributed by atoms with Crippen LogP contribution in [0.15, 0.2) is 0 Å². The normalized spacial score (nSPS) is 18.5. The molecule has 0 aromatic carbocycles. The van der Waals surface area contributed by atoms with E-state index in [0.29, 0.717) is 32.2 Å². The average Bonchev–Trinajstić information content (AvgIpc) is 2.45. The molecule has 0 aromatic rings. The van der Waals surface area contributed by atoms with Gasteiger partial charge in [-0.25, -0.2) is 4.72 Å². The number of unbranched alkanes of at least 4 members (excludes halogenated alkanes) is 1. The predicted octanol–water partition coefficient (Wildman–Crippen LogP) is 0.569. The Morgan fingerprint density at radius 1 is 1.25 bits per heavy atom. The first-order valence-electron chi connectivity index (χ1n) is 7.54. The summed E-state index contributed by atoms with van der Waals surface area (Å²) in [6, 6.07) is 0. The van der Waals surface area contributed by atoms with Crippen molar-refractivity contribution >= 4 is 10.2 Å². The van der Waals surface area contributed by atoms with Crippen LogP contribution in [0.5, 0.6) is 0 Å². The van der Waals surface area contributed by atoms with E-state index in [1.807, 2.05) is 0 Å². The highest BCUT2D eigenvalue weighted by Crippen LogP contribution is 2.18. The molecule has 0 radical (unpaired) electrons. The van der Waals surface area contributed by atoms with E-state index in [0.717, 1.165) is 38.8 Å². The van der Waals surface area contributed by atoms with Crippen molar-refractivity contribution in [2.75, 3.05) is 46.4 Å². The summed E-state index contributed by atoms with van der Waals surface area (Å²) >= 11 is 0. The largest absolute Gasteiger partial charge is 0.385 e. The van der Waals surface area contributed by atoms with Gasteiger partial charge in [-0.2, -0.15) is 12.7 Å². The van der Waals surface area contributed by atoms with Crippen LogP contribution in [0.3, 0.4) is 0 Å². The van der Waals surface area contributed by atoms with Gasteiger partial charge in [-0.05, 0) is 44.7 Å². The highest BCUT2D eigenvalue weighted by molar-refractivity contribution is 7.87. The summed E-state index contributed by atoms with van der Waals surface area (Å²) in [5.41, 5.74) is 0. The Morgan fingerprint density at radius 2 is 1.95 bits per heavy atom. The lowest BCUT2D eigenvalue weighted by atomic mass is 9.98. The second-order valence-corrected chi connectivity index (χ2v) is 7.00. The number of methoxy groups -OCH3 is 1. The molecule has 1 fully saturated rings. The van der Waals surface area contributed by atoms with Crippen molar-refractivity contribution in [2.24, 2.45) is 5.92 Å². The van der Waals surface area contributed by atoms with Crippen LogP contribution in [0.25, 0.3) is 0 Å². The molecule has 0 aliphatic carbocycles. The number of nitrogens with one attached hydrogen (secondary N) is 2. The van der Waals surface area contributed by atoms with E-state index in [1.54, 1.807) is 11.4 Å². The number of nitrogens with zero attached hydrogens (tertiary/aromatic N) is 1. The maximum atomic E-state index is 12.1. The van der Waals surface area contributed by atoms with Gasteiger partial charge < -0.3 is 10.1 Å². The fourth-order valence-electron chi connectivity index (χ4n) is 2.37. The minimum atomic E-state index is -3.29. The number of hydrogen-bond donors (Lipinski definition) is 2. The molecule has 2 N–H and O–H groups in total. The summed E-state index contributed by atoms with van der Waals surface area (Å²) in [5, 5.41) is 3.33. The molecule has 0 unspecified atom stereocenters. The van der Waals surface area contributed by atoms with Gasteiger partial charge >= 0.3 is 0 Å². The third-order valence-corrected chi connectivity index (χ3v) is 5.27. The molecule has 7 heteroatoms. The summed E-state index contributed by atoms with van der Waals surface area (Å²) < 4.78 is 33.4. The van der Waals surface area contributed by atoms with Gasteiger partial charge in [0.1, 0.15) is 0 Å². The highest BCUT2D eigenvalue weighted by atomic mass is 32.2. The molecule has 0 amide bonds. The average molecular weight is 307 g/mol. The van der Waals surface area contributed by atoms with E-state index in [1.165, 1.54) is 0 Å². The molecule has 6 nitrogen and oxygen atoms in total. The van der Waals surface area contributed by atoms with Gasteiger partial charge in [0.05, 0.1) is 0 Å². The Morgan fingerprint density at radius 3 is 2.55 bits per heavy atom. The number of ether oxygens (including phenoxy) is 1. The minimum Gasteiger partial charge on any atom is -0.385 e. The number of piperidine rings is 1. The Hall–Kier alpha value is -0.210. The molecule has 1 rings (SSSR count). The zero-order valence-corrected chi connectivity index (χ0v) is 13.5. The van der Waals surface area contributed by atoms with Crippen LogP contribution < -0.4 is 10.0 Å². The van der Waals surface area contributed by atoms with Crippen molar-refractivity contribution in [3.63, 3.8) is 0 Å². The maximum absolute atomic E-state index is 12.1. The van der Waals surface area contributed by atoms with Crippen molar-refractivity contribution in [3.8, 4) is 0 Å². The second kappa shape index (κ2) is 9.68. The van der Waals surface area contributed by atoms with E-state index in [-0.39, 0.29) is 0 Å². The molecule has 120 valence electrons. The molecule has 1 aliphatic heterocycles. The maximum Gasteiger partial charge on any atom is 0.279 e. The Balaban J connectivity index is 2.24. The smallest absolute Gasteiger partial charge is 0.279 e. The summed E-state index contributed by atoms with van der Waals surface area (Å²) in [6.07, 6.45) is 3.57. The first-order valence-corrected chi connectivity index (χ1v) is 8.98. The summed E-state index contributed by atoms with van der Waals surface area (Å²) in [6.45, 7) is 6.48. The van der Waals surface area contributed by atoms with Crippen molar-refractivity contribution in [3.05, 3.63) is 0 Å². The second-order valence-electron chi connectivity index (χ2n) is 5.25. The minimum absolute atomic E-state index is 0.489. The number of rotatable bonds is 10. The van der Waals surface area contributed by atoms with Crippen LogP contribution in [0, 0.1) is 5.92 Å². The molecule has 0 saturated carbocycles. The Kier molecular flexibility index (Phi) is 8.63. The summed E-state index contributed by atoms with van der Waals surface area (Å²) in [4.78, 5) is 0. The van der Waals surface area contributed by atoms with Gasteiger partial charge in [-0.15, -0.1) is 0 Å². The molecule has 0 bridgehead atoms. The molecular formula is C13H29N3O3S. The lowest BCUT2D eigenvalue weighted by Crippen LogP contribution is -2.46. The van der Waals surface area contributed by atoms with Gasteiger partial charge in [-0.3, -0.25) is 0 Å². The Labute approximate surface area is 123 Å². The summed E-state index contributed by atoms with van der Waals surface area (Å²) in [7, 11) is -1.64. The van der Waals surface area contributed by atoms with E-state index in [4.69, 9.17) is 4.74 Å². The molecule has 0 spiro atoms. The van der Waals surface area contributed by atoms with E-state index in [2.05, 4.69) is 17.0 Å². The number of hydrogen-bond acceptors (Lipinski definition) is 4. The van der Waals surface area contributed by atoms with E-state index in [9.17, 15) is 8.42 Å². The van der Waals surface area contributed by atoms with E-state index < -0.39 is 10.2 Å². The highest BCUT2D eigenvalue weighted by Gasteiger charge is 2.27. The lowest BCUT2D eigenvalue weighted by molar-refractivity contribution is 0.193. The lowest BCUT2D eigenvalue weighted by Gasteiger charge is -2.31. The molecule has 20 heavy (non-hydrogen) atoms. The van der Waals surface area contributed by atoms with Crippen LogP contribution in [0.2, 0.25) is 0 Å². The van der Waals surface area contributed by atoms with Crippen molar-refractivity contribution in [1.29, 1.82) is 0 Å². The van der Waals surface area contributed by atoms with Crippen molar-refractivity contribution in [1.82, 2.24) is 14.3 Å². The molecule has 1 heterocycles. The first-order chi connectivity index (χ1) is 9.60. The fourth-order valence-corrected chi connectivity index (χ4v) is 3.64. The molecule has 0 aromatic heterocycles. The first kappa shape index (κ1) is 17.8. The van der Waals surface area contributed by atoms with Gasteiger partial charge in [0, 0.05) is 33.4 Å². The molecule has 1 aliphatic rings. The molecular weight excluding hydrogens is 278 g/mol. The molecule has 1 saturated heterocycles. The van der Waals surface area contributed by atoms with Crippen LogP contribution in [0.4, 0.5) is 0 Å². The van der Waals surface area contributed by atoms with Gasteiger partial charge in [-0.1, -0.05) is 6.92 Å². The fraction of sp³-hybridized carbons (Fsp3) is 1.00. The van der Waals surface area contributed by atoms with E-state index >= 15 is 0 Å². The monoisotopic (exact) mass is 307 g/mol. The van der Waals surface area contributed by atoms with Crippen LogP contribution >= 0.6 is 0 Å². The van der Waals surface area contributed by atoms with Crippen molar-refractivity contribution < 1.29 is 13.2 Å². The van der Waals surface area contributed by atoms with Crippen molar-refractivity contribution in [2.45, 2.75) is 32.6 Å². The van der Waals surface area contributed by atoms with Gasteiger partial charge in [0.25, 0.3) is 10.2 Å². The quantitative estimate of drug-likeness (QED) is 0.579. The predicted molar refractivity (Wildman–Crippen MR) is 80.9 cm³/mol. The van der Waals surface area contributed by atoms with Gasteiger partial charge in [0.2, 0.25) is 0 Å². The zero-order valence-electron chi connectivity index (χ0n) is 12.7.